The van der Waals surface area contributed by atoms with E-state index in [2.05, 4.69) is 45.2 Å². The molecule has 0 radical (unpaired) electrons. The van der Waals surface area contributed by atoms with Crippen molar-refractivity contribution in [3.05, 3.63) is 5.21 Å². The van der Waals surface area contributed by atoms with Gasteiger partial charge in [0.25, 0.3) is 0 Å². The monoisotopic (exact) mass is 488 g/mol. The van der Waals surface area contributed by atoms with Gasteiger partial charge in [-0.3, -0.25) is 4.84 Å². The Morgan fingerprint density at radius 2 is 2.00 bits per heavy atom. The first-order chi connectivity index (χ1) is 9.09. The lowest BCUT2D eigenvalue weighted by Crippen LogP contribution is -2.41. The second-order valence-corrected chi connectivity index (χ2v) is 9.91. The molecule has 6 aliphatic carbocycles. The summed E-state index contributed by atoms with van der Waals surface area (Å²) in [4.78, 5) is 4.78. The molecule has 0 aromatic heterocycles. The van der Waals surface area contributed by atoms with Crippen LogP contribution in [0.2, 0.25) is 0 Å². The van der Waals surface area contributed by atoms with Crippen molar-refractivity contribution >= 4 is 45.2 Å². The highest BCUT2D eigenvalue weighted by Gasteiger charge is 2.87. The van der Waals surface area contributed by atoms with Crippen molar-refractivity contribution in [1.29, 1.82) is 0 Å². The predicted molar refractivity (Wildman–Crippen MR) is 84.7 cm³/mol. The first-order valence-corrected chi connectivity index (χ1v) is 9.65. The molecular formula is C13H16I2NO3-. The van der Waals surface area contributed by atoms with E-state index in [1.807, 2.05) is 0 Å². The van der Waals surface area contributed by atoms with Gasteiger partial charge < -0.3 is 10.4 Å². The molecule has 6 fully saturated rings. The third-order valence-corrected chi connectivity index (χ3v) is 10.9. The number of hydrogen-bond acceptors (Lipinski definition) is 4. The van der Waals surface area contributed by atoms with Crippen LogP contribution in [0.4, 0.5) is 0 Å². The highest BCUT2D eigenvalue weighted by atomic mass is 127. The Bertz CT molecular complexity index is 446. The van der Waals surface area contributed by atoms with Crippen LogP contribution in [0.3, 0.4) is 0 Å². The maximum Gasteiger partial charge on any atom is 0.0706 e. The van der Waals surface area contributed by atoms with E-state index in [0.717, 1.165) is 55.7 Å². The van der Waals surface area contributed by atoms with E-state index in [-0.39, 0.29) is 5.39 Å². The summed E-state index contributed by atoms with van der Waals surface area (Å²) in [6, 6.07) is 0. The molecule has 0 aromatic rings. The molecule has 6 saturated carbocycles. The zero-order valence-corrected chi connectivity index (χ0v) is 14.6. The van der Waals surface area contributed by atoms with Gasteiger partial charge in [-0.05, 0) is 59.7 Å². The van der Waals surface area contributed by atoms with E-state index >= 15 is 0 Å². The molecule has 0 aromatic carbocycles. The number of nitrogens with zero attached hydrogens (tertiary/aromatic N) is 1. The Morgan fingerprint density at radius 3 is 2.74 bits per heavy atom. The highest BCUT2D eigenvalue weighted by Crippen LogP contribution is 2.89. The van der Waals surface area contributed by atoms with Gasteiger partial charge in [-0.1, -0.05) is 45.2 Å². The largest absolute Gasteiger partial charge is 0.738 e. The van der Waals surface area contributed by atoms with E-state index < -0.39 is 0 Å². The van der Waals surface area contributed by atoms with Crippen molar-refractivity contribution in [2.24, 2.45) is 46.8 Å². The molecule has 0 aliphatic heterocycles. The molecule has 106 valence electrons. The van der Waals surface area contributed by atoms with Crippen molar-refractivity contribution < 1.29 is 10.0 Å². The molecule has 1 N–H and O–H groups in total. The maximum absolute atomic E-state index is 10.5. The SMILES string of the molecule is [O-]N(O)OCC[C@@]12[C@@H]3[C@@H]4C[C@H]5[C@H]3[C@H](I)[C@H]1[C@@H]5[C@H]4[C@H]2I. The highest BCUT2D eigenvalue weighted by molar-refractivity contribution is 14.1. The van der Waals surface area contributed by atoms with Gasteiger partial charge in [0.05, 0.1) is 6.61 Å². The minimum atomic E-state index is -0.371. The summed E-state index contributed by atoms with van der Waals surface area (Å²) in [5.41, 5.74) is 0.417. The van der Waals surface area contributed by atoms with E-state index in [1.54, 1.807) is 0 Å². The van der Waals surface area contributed by atoms with E-state index in [1.165, 1.54) is 6.42 Å². The standard InChI is InChI=1S/C13H16I2NO3/c14-11-8-4-3-5-7-6(4)10(11)13(9(5)8,12(7)15)1-2-19-16(17)18/h4-12,17H,1-3H2/q-1/t4-,5-,6+,7+,8-,9-,10-,11+,12-,13-/m1/s1. The summed E-state index contributed by atoms with van der Waals surface area (Å²) >= 11 is 5.43. The molecule has 0 heterocycles. The average Bonchev–Trinajstić information content (AvgIpc) is 3.05. The lowest BCUT2D eigenvalue weighted by Gasteiger charge is -2.43. The van der Waals surface area contributed by atoms with Crippen molar-refractivity contribution in [2.45, 2.75) is 20.7 Å². The van der Waals surface area contributed by atoms with Gasteiger partial charge in [0.2, 0.25) is 0 Å². The number of alkyl halides is 2. The first-order valence-electron chi connectivity index (χ1n) is 7.16. The summed E-state index contributed by atoms with van der Waals surface area (Å²) in [5, 5.41) is 18.8. The van der Waals surface area contributed by atoms with Crippen LogP contribution in [-0.2, 0) is 4.84 Å². The maximum atomic E-state index is 10.5. The Morgan fingerprint density at radius 1 is 1.21 bits per heavy atom. The molecule has 6 bridgehead atoms. The van der Waals surface area contributed by atoms with E-state index in [4.69, 9.17) is 10.0 Å². The van der Waals surface area contributed by atoms with Gasteiger partial charge in [0, 0.05) is 7.85 Å². The molecule has 0 spiro atoms. The molecule has 19 heavy (non-hydrogen) atoms. The molecule has 0 saturated heterocycles. The van der Waals surface area contributed by atoms with Crippen LogP contribution in [0.25, 0.3) is 0 Å². The van der Waals surface area contributed by atoms with Crippen LogP contribution in [0.15, 0.2) is 0 Å². The molecule has 6 rings (SSSR count). The fourth-order valence-corrected chi connectivity index (χ4v) is 11.8. The minimum absolute atomic E-state index is 0.371. The van der Waals surface area contributed by atoms with Crippen molar-refractivity contribution in [3.63, 3.8) is 0 Å². The molecule has 10 atom stereocenters. The first kappa shape index (κ1) is 12.8. The fourth-order valence-electron chi connectivity index (χ4n) is 7.49. The molecule has 0 unspecified atom stereocenters. The third kappa shape index (κ3) is 1.17. The Hall–Kier alpha value is 1.30. The third-order valence-electron chi connectivity index (χ3n) is 7.30. The molecule has 0 amide bonds. The van der Waals surface area contributed by atoms with Crippen LogP contribution in [0.1, 0.15) is 12.8 Å². The topological polar surface area (TPSA) is 55.8 Å². The molecule has 6 heteroatoms. The molecule has 4 nitrogen and oxygen atoms in total. The second kappa shape index (κ2) is 3.79. The Balaban J connectivity index is 1.51. The van der Waals surface area contributed by atoms with Gasteiger partial charge in [0.1, 0.15) is 0 Å². The zero-order chi connectivity index (χ0) is 13.1. The average molecular weight is 488 g/mol. The predicted octanol–water partition coefficient (Wildman–Crippen LogP) is 2.86. The van der Waals surface area contributed by atoms with Crippen molar-refractivity contribution in [3.8, 4) is 0 Å². The van der Waals surface area contributed by atoms with Crippen molar-refractivity contribution in [2.75, 3.05) is 6.61 Å². The lowest BCUT2D eigenvalue weighted by atomic mass is 9.62. The van der Waals surface area contributed by atoms with Crippen LogP contribution >= 0.6 is 45.2 Å². The van der Waals surface area contributed by atoms with Gasteiger partial charge in [0.15, 0.2) is 0 Å². The quantitative estimate of drug-likeness (QED) is 0.376. The van der Waals surface area contributed by atoms with Crippen LogP contribution in [0, 0.1) is 52.0 Å². The molecular weight excluding hydrogens is 472 g/mol. The van der Waals surface area contributed by atoms with Crippen LogP contribution < -0.4 is 0 Å². The zero-order valence-electron chi connectivity index (χ0n) is 10.3. The summed E-state index contributed by atoms with van der Waals surface area (Å²) in [7, 11) is 0. The summed E-state index contributed by atoms with van der Waals surface area (Å²) in [6.45, 7) is 0.374. The summed E-state index contributed by atoms with van der Waals surface area (Å²) < 4.78 is 1.62. The van der Waals surface area contributed by atoms with Crippen LogP contribution in [0.5, 0.6) is 0 Å². The van der Waals surface area contributed by atoms with Gasteiger partial charge >= 0.3 is 0 Å². The Kier molecular flexibility index (Phi) is 2.55. The van der Waals surface area contributed by atoms with Gasteiger partial charge in [-0.15, -0.1) is 5.39 Å². The second-order valence-electron chi connectivity index (χ2n) is 7.13. The van der Waals surface area contributed by atoms with Gasteiger partial charge in [-0.25, -0.2) is 0 Å². The number of rotatable bonds is 4. The van der Waals surface area contributed by atoms with E-state index in [0.29, 0.717) is 12.0 Å². The fraction of sp³-hybridized carbons (Fsp3) is 1.00. The van der Waals surface area contributed by atoms with E-state index in [9.17, 15) is 5.21 Å². The van der Waals surface area contributed by atoms with Crippen LogP contribution in [-0.4, -0.2) is 25.1 Å². The van der Waals surface area contributed by atoms with Crippen molar-refractivity contribution in [1.82, 2.24) is 5.39 Å². The number of hydrogen-bond donors (Lipinski definition) is 1. The minimum Gasteiger partial charge on any atom is -0.738 e. The van der Waals surface area contributed by atoms with Gasteiger partial charge in [-0.2, -0.15) is 0 Å². The Labute approximate surface area is 139 Å². The smallest absolute Gasteiger partial charge is 0.0706 e. The summed E-state index contributed by atoms with van der Waals surface area (Å²) in [5.74, 6) is 6.62. The lowest BCUT2D eigenvalue weighted by molar-refractivity contribution is -0.308. The summed E-state index contributed by atoms with van der Waals surface area (Å²) in [6.07, 6.45) is 2.44. The normalized spacial score (nSPS) is 66.5. The molecule has 6 aliphatic rings. The number of halogens is 2.